The fourth-order valence-corrected chi connectivity index (χ4v) is 4.46. The SMILES string of the molecule is COc1ccc(NC(=O)CN2CCn3cccc3C2C)cc1S(=O)(=O)N(C)C. The normalized spacial score (nSPS) is 17.4. The number of carbonyl (C=O) groups excluding carboxylic acids is 1. The number of carbonyl (C=O) groups is 1. The number of ether oxygens (including phenoxy) is 1. The smallest absolute Gasteiger partial charge is 0.246 e. The number of methoxy groups -OCH3 is 1. The summed E-state index contributed by atoms with van der Waals surface area (Å²) in [6.45, 7) is 3.93. The number of nitrogens with one attached hydrogen (secondary N) is 1. The molecule has 28 heavy (non-hydrogen) atoms. The average Bonchev–Trinajstić information content (AvgIpc) is 3.13. The molecule has 1 amide bonds. The Kier molecular flexibility index (Phi) is 5.78. The highest BCUT2D eigenvalue weighted by Crippen LogP contribution is 2.29. The number of hydrogen-bond acceptors (Lipinski definition) is 5. The van der Waals surface area contributed by atoms with Gasteiger partial charge in [0, 0.05) is 50.8 Å². The molecule has 2 heterocycles. The van der Waals surface area contributed by atoms with E-state index in [0.717, 1.165) is 17.4 Å². The highest BCUT2D eigenvalue weighted by molar-refractivity contribution is 7.89. The maximum Gasteiger partial charge on any atom is 0.246 e. The number of benzene rings is 1. The van der Waals surface area contributed by atoms with Gasteiger partial charge in [-0.3, -0.25) is 9.69 Å². The second-order valence-electron chi connectivity index (χ2n) is 6.97. The van der Waals surface area contributed by atoms with Crippen molar-refractivity contribution >= 4 is 21.6 Å². The number of aromatic nitrogens is 1. The maximum absolute atomic E-state index is 12.6. The quantitative estimate of drug-likeness (QED) is 0.790. The average molecular weight is 407 g/mol. The molecule has 0 saturated heterocycles. The first-order valence-corrected chi connectivity index (χ1v) is 10.5. The summed E-state index contributed by atoms with van der Waals surface area (Å²) in [5, 5.41) is 2.80. The van der Waals surface area contributed by atoms with Crippen LogP contribution in [0.4, 0.5) is 5.69 Å². The molecule has 1 unspecified atom stereocenters. The minimum Gasteiger partial charge on any atom is -0.495 e. The van der Waals surface area contributed by atoms with Gasteiger partial charge in [0.2, 0.25) is 15.9 Å². The first-order chi connectivity index (χ1) is 13.2. The minimum atomic E-state index is -3.70. The summed E-state index contributed by atoms with van der Waals surface area (Å²) >= 11 is 0. The molecule has 1 aliphatic rings. The van der Waals surface area contributed by atoms with Gasteiger partial charge in [-0.25, -0.2) is 12.7 Å². The molecule has 1 atom stereocenters. The topological polar surface area (TPSA) is 83.9 Å². The van der Waals surface area contributed by atoms with E-state index in [1.165, 1.54) is 33.0 Å². The molecule has 0 saturated carbocycles. The van der Waals surface area contributed by atoms with E-state index in [1.807, 2.05) is 12.3 Å². The van der Waals surface area contributed by atoms with Crippen LogP contribution < -0.4 is 10.1 Å². The standard InChI is InChI=1S/C19H26N4O4S/c1-14-16-6-5-9-22(16)10-11-23(14)13-19(24)20-15-7-8-17(27-4)18(12-15)28(25,26)21(2)3/h5-9,12,14H,10-11,13H2,1-4H3,(H,20,24). The van der Waals surface area contributed by atoms with E-state index < -0.39 is 10.0 Å². The largest absolute Gasteiger partial charge is 0.495 e. The van der Waals surface area contributed by atoms with Crippen LogP contribution in [0.5, 0.6) is 5.75 Å². The molecule has 152 valence electrons. The van der Waals surface area contributed by atoms with Crippen molar-refractivity contribution in [3.05, 3.63) is 42.2 Å². The summed E-state index contributed by atoms with van der Waals surface area (Å²) in [4.78, 5) is 14.7. The highest BCUT2D eigenvalue weighted by atomic mass is 32.2. The Morgan fingerprint density at radius 2 is 2.04 bits per heavy atom. The van der Waals surface area contributed by atoms with E-state index in [4.69, 9.17) is 4.74 Å². The van der Waals surface area contributed by atoms with Crippen molar-refractivity contribution in [2.24, 2.45) is 0 Å². The summed E-state index contributed by atoms with van der Waals surface area (Å²) in [6.07, 6.45) is 2.05. The number of amides is 1. The number of anilines is 1. The molecular formula is C19H26N4O4S. The van der Waals surface area contributed by atoms with Crippen molar-refractivity contribution in [1.29, 1.82) is 0 Å². The number of hydrogen-bond donors (Lipinski definition) is 1. The van der Waals surface area contributed by atoms with Gasteiger partial charge in [0.15, 0.2) is 0 Å². The monoisotopic (exact) mass is 406 g/mol. The van der Waals surface area contributed by atoms with Gasteiger partial charge in [-0.1, -0.05) is 0 Å². The maximum atomic E-state index is 12.6. The zero-order valence-electron chi connectivity index (χ0n) is 16.5. The molecule has 1 aliphatic heterocycles. The predicted octanol–water partition coefficient (Wildman–Crippen LogP) is 1.76. The van der Waals surface area contributed by atoms with E-state index in [-0.39, 0.29) is 29.1 Å². The third kappa shape index (κ3) is 3.91. The van der Waals surface area contributed by atoms with Gasteiger partial charge >= 0.3 is 0 Å². The van der Waals surface area contributed by atoms with Crippen molar-refractivity contribution in [3.8, 4) is 5.75 Å². The molecule has 2 aromatic rings. The Bertz CT molecular complexity index is 968. The van der Waals surface area contributed by atoms with Gasteiger partial charge in [-0.15, -0.1) is 0 Å². The fourth-order valence-electron chi connectivity index (χ4n) is 3.38. The van der Waals surface area contributed by atoms with Gasteiger partial charge < -0.3 is 14.6 Å². The van der Waals surface area contributed by atoms with Crippen LogP contribution in [0, 0.1) is 0 Å². The first kappa shape index (κ1) is 20.4. The van der Waals surface area contributed by atoms with Gasteiger partial charge in [0.05, 0.1) is 13.7 Å². The van der Waals surface area contributed by atoms with Crippen LogP contribution in [0.1, 0.15) is 18.7 Å². The molecule has 0 spiro atoms. The Balaban J connectivity index is 1.74. The predicted molar refractivity (Wildman–Crippen MR) is 107 cm³/mol. The van der Waals surface area contributed by atoms with Crippen molar-refractivity contribution in [1.82, 2.24) is 13.8 Å². The third-order valence-electron chi connectivity index (χ3n) is 5.02. The van der Waals surface area contributed by atoms with Crippen LogP contribution in [0.3, 0.4) is 0 Å². The Morgan fingerprint density at radius 1 is 1.29 bits per heavy atom. The molecule has 0 aliphatic carbocycles. The summed E-state index contributed by atoms with van der Waals surface area (Å²) in [7, 11) is 0.619. The summed E-state index contributed by atoms with van der Waals surface area (Å²) in [5.41, 5.74) is 1.60. The van der Waals surface area contributed by atoms with Crippen molar-refractivity contribution in [3.63, 3.8) is 0 Å². The minimum absolute atomic E-state index is 0.0157. The number of rotatable bonds is 6. The Hall–Kier alpha value is -2.36. The van der Waals surface area contributed by atoms with Crippen LogP contribution in [0.15, 0.2) is 41.4 Å². The third-order valence-corrected chi connectivity index (χ3v) is 6.86. The zero-order valence-corrected chi connectivity index (χ0v) is 17.4. The molecule has 9 heteroatoms. The molecule has 1 N–H and O–H groups in total. The summed E-state index contributed by atoms with van der Waals surface area (Å²) < 4.78 is 33.5. The van der Waals surface area contributed by atoms with E-state index in [0.29, 0.717) is 5.69 Å². The van der Waals surface area contributed by atoms with Crippen molar-refractivity contribution in [2.45, 2.75) is 24.4 Å². The Labute approximate surface area is 165 Å². The molecular weight excluding hydrogens is 380 g/mol. The Morgan fingerprint density at radius 3 is 2.71 bits per heavy atom. The van der Waals surface area contributed by atoms with Crippen molar-refractivity contribution in [2.75, 3.05) is 39.6 Å². The van der Waals surface area contributed by atoms with Crippen LogP contribution >= 0.6 is 0 Å². The second-order valence-corrected chi connectivity index (χ2v) is 9.09. The fraction of sp³-hybridized carbons (Fsp3) is 0.421. The van der Waals surface area contributed by atoms with Gasteiger partial charge in [0.1, 0.15) is 10.6 Å². The highest BCUT2D eigenvalue weighted by Gasteiger charge is 2.26. The van der Waals surface area contributed by atoms with E-state index in [1.54, 1.807) is 12.1 Å². The van der Waals surface area contributed by atoms with Gasteiger partial charge in [-0.2, -0.15) is 0 Å². The van der Waals surface area contributed by atoms with Crippen LogP contribution in [0.2, 0.25) is 0 Å². The molecule has 1 aromatic heterocycles. The lowest BCUT2D eigenvalue weighted by molar-refractivity contribution is -0.118. The van der Waals surface area contributed by atoms with Crippen LogP contribution in [-0.4, -0.2) is 62.4 Å². The number of sulfonamides is 1. The second kappa shape index (κ2) is 7.94. The molecule has 0 radical (unpaired) electrons. The lowest BCUT2D eigenvalue weighted by atomic mass is 10.1. The van der Waals surface area contributed by atoms with E-state index >= 15 is 0 Å². The van der Waals surface area contributed by atoms with Gasteiger partial charge in [-0.05, 0) is 37.3 Å². The zero-order chi connectivity index (χ0) is 20.5. The van der Waals surface area contributed by atoms with Crippen LogP contribution in [-0.2, 0) is 21.4 Å². The summed E-state index contributed by atoms with van der Waals surface area (Å²) in [5.74, 6) is 0.0438. The van der Waals surface area contributed by atoms with Gasteiger partial charge in [0.25, 0.3) is 0 Å². The molecule has 0 bridgehead atoms. The lowest BCUT2D eigenvalue weighted by Crippen LogP contribution is -2.41. The summed E-state index contributed by atoms with van der Waals surface area (Å²) in [6, 6.07) is 8.82. The van der Waals surface area contributed by atoms with Crippen molar-refractivity contribution < 1.29 is 17.9 Å². The van der Waals surface area contributed by atoms with E-state index in [9.17, 15) is 13.2 Å². The number of nitrogens with zero attached hydrogens (tertiary/aromatic N) is 3. The molecule has 1 aromatic carbocycles. The molecule has 8 nitrogen and oxygen atoms in total. The van der Waals surface area contributed by atoms with Crippen LogP contribution in [0.25, 0.3) is 0 Å². The molecule has 0 fully saturated rings. The number of fused-ring (bicyclic) bond motifs is 1. The van der Waals surface area contributed by atoms with E-state index in [2.05, 4.69) is 27.8 Å². The lowest BCUT2D eigenvalue weighted by Gasteiger charge is -2.34. The molecule has 3 rings (SSSR count). The first-order valence-electron chi connectivity index (χ1n) is 9.03.